The minimum absolute atomic E-state index is 0.269. The van der Waals surface area contributed by atoms with Crippen LogP contribution in [0.5, 0.6) is 0 Å². The van der Waals surface area contributed by atoms with Crippen LogP contribution < -0.4 is 11.5 Å². The van der Waals surface area contributed by atoms with E-state index in [2.05, 4.69) is 211 Å². The van der Waals surface area contributed by atoms with E-state index in [1.54, 1.807) is 0 Å². The summed E-state index contributed by atoms with van der Waals surface area (Å²) in [5.41, 5.74) is 34.8. The molecule has 0 saturated heterocycles. The molecule has 0 amide bonds. The summed E-state index contributed by atoms with van der Waals surface area (Å²) in [6.07, 6.45) is 0. The van der Waals surface area contributed by atoms with Crippen molar-refractivity contribution in [2.24, 2.45) is 4.30 Å². The first kappa shape index (κ1) is 36.3. The number of anilines is 2. The molecule has 279 valence electrons. The number of rotatable bonds is 0. The van der Waals surface area contributed by atoms with Crippen molar-refractivity contribution < 1.29 is 5.76 Å². The SMILES string of the molecule is Nc1cc2c(cc1Br)-c1ccccc1C21c2ccccc2-c2ccccc21.Nc1ccc2c(c1)C1(c3ccccc3-c3ccccc31)c1ccccc1-2.[2H]CF.[B]=NS. The fourth-order valence-electron chi connectivity index (χ4n) is 10.2. The molecular weight excluding hydrogens is 796 g/mol. The van der Waals surface area contributed by atoms with Gasteiger partial charge in [0, 0.05) is 15.8 Å². The van der Waals surface area contributed by atoms with Gasteiger partial charge in [0.15, 0.2) is 0 Å². The van der Waals surface area contributed by atoms with E-state index in [-0.39, 0.29) is 10.8 Å². The van der Waals surface area contributed by atoms with Crippen LogP contribution in [0, 0.1) is 0 Å². The molecule has 0 aromatic heterocycles. The van der Waals surface area contributed by atoms with Gasteiger partial charge in [-0.2, -0.15) is 0 Å². The molecule has 2 spiro atoms. The number of nitrogens with two attached hydrogens (primary N) is 2. The number of halogens is 2. The van der Waals surface area contributed by atoms with Crippen LogP contribution >= 0.6 is 28.7 Å². The van der Waals surface area contributed by atoms with Crippen molar-refractivity contribution >= 4 is 47.8 Å². The first-order valence-corrected chi connectivity index (χ1v) is 20.0. The molecule has 0 bridgehead atoms. The molecule has 4 aliphatic rings. The van der Waals surface area contributed by atoms with Crippen LogP contribution in [0.25, 0.3) is 44.5 Å². The van der Waals surface area contributed by atoms with E-state index in [1.807, 2.05) is 6.07 Å². The quantitative estimate of drug-likeness (QED) is 0.0809. The Hall–Kier alpha value is -6.02. The van der Waals surface area contributed by atoms with Crippen molar-refractivity contribution in [1.29, 1.82) is 0 Å². The zero-order valence-electron chi connectivity index (χ0n) is 32.3. The van der Waals surface area contributed by atoms with Crippen molar-refractivity contribution in [3.63, 3.8) is 0 Å². The van der Waals surface area contributed by atoms with Crippen molar-refractivity contribution in [1.82, 2.24) is 0 Å². The number of hydrogen-bond acceptors (Lipinski definition) is 4. The summed E-state index contributed by atoms with van der Waals surface area (Å²) in [5.74, 6) is 0. The van der Waals surface area contributed by atoms with Gasteiger partial charge in [0.2, 0.25) is 0 Å². The standard InChI is InChI=1S/C25H16BrN.C25H17N.CH3F.BHNS/c26-23-13-18-17-9-3-6-12-21(17)25(22(18)14-24(23)27)19-10-4-1-7-15(19)16-8-2-5-11-20(16)25;26-16-13-14-20-19-9-3-6-12-23(19)25(24(20)15-16)21-10-4-1-7-17(21)18-8-2-5-11-22(18)25;1-2;1-2-3/h1-14H,27H2;1-15H,26H2;1H3;3H/i;;1D;. The summed E-state index contributed by atoms with van der Waals surface area (Å²) >= 11 is 6.83. The molecule has 12 rings (SSSR count). The molecule has 4 N–H and O–H groups in total. The Balaban J connectivity index is 0.000000135. The van der Waals surface area contributed by atoms with E-state index < -0.39 is 7.15 Å². The van der Waals surface area contributed by atoms with E-state index >= 15 is 0 Å². The van der Waals surface area contributed by atoms with E-state index in [9.17, 15) is 4.39 Å². The van der Waals surface area contributed by atoms with Gasteiger partial charge in [-0.3, -0.25) is 4.39 Å². The van der Waals surface area contributed by atoms with Crippen LogP contribution in [-0.4, -0.2) is 14.8 Å². The van der Waals surface area contributed by atoms with Crippen LogP contribution in [0.3, 0.4) is 0 Å². The topological polar surface area (TPSA) is 64.4 Å². The van der Waals surface area contributed by atoms with Gasteiger partial charge < -0.3 is 11.5 Å². The Morgan fingerprint density at radius 3 is 1.10 bits per heavy atom. The summed E-state index contributed by atoms with van der Waals surface area (Å²) in [6.45, 7) is 0. The van der Waals surface area contributed by atoms with Gasteiger partial charge in [0.05, 0.1) is 19.4 Å². The fraction of sp³-hybridized carbons (Fsp3) is 0.0588. The molecular formula is C51H37BBrFN3S. The van der Waals surface area contributed by atoms with E-state index in [1.165, 1.54) is 89.0 Å². The summed E-state index contributed by atoms with van der Waals surface area (Å²) in [6, 6.07) is 63.5. The second kappa shape index (κ2) is 14.7. The molecule has 4 aliphatic carbocycles. The van der Waals surface area contributed by atoms with Crippen molar-refractivity contribution in [3.05, 3.63) is 225 Å². The molecule has 0 fully saturated rings. The average Bonchev–Trinajstić information content (AvgIpc) is 3.93. The Bertz CT molecular complexity index is 2840. The van der Waals surface area contributed by atoms with Crippen molar-refractivity contribution in [3.8, 4) is 44.5 Å². The van der Waals surface area contributed by atoms with Crippen LogP contribution in [0.2, 0.25) is 0 Å². The number of benzene rings is 8. The minimum atomic E-state index is -1.00. The van der Waals surface area contributed by atoms with Gasteiger partial charge in [-0.15, -0.1) is 0 Å². The van der Waals surface area contributed by atoms with Crippen LogP contribution in [0.15, 0.2) is 185 Å². The van der Waals surface area contributed by atoms with Crippen LogP contribution in [0.1, 0.15) is 45.9 Å². The van der Waals surface area contributed by atoms with E-state index in [0.717, 1.165) is 15.8 Å². The molecule has 0 aliphatic heterocycles. The molecule has 0 atom stereocenters. The van der Waals surface area contributed by atoms with E-state index in [4.69, 9.17) is 12.8 Å². The third-order valence-corrected chi connectivity index (χ3v) is 12.8. The summed E-state index contributed by atoms with van der Waals surface area (Å²) in [5, 5.41) is 0. The fourth-order valence-corrected chi connectivity index (χ4v) is 10.6. The second-order valence-corrected chi connectivity index (χ2v) is 15.7. The molecule has 58 heavy (non-hydrogen) atoms. The number of fused-ring (bicyclic) bond motifs is 20. The van der Waals surface area contributed by atoms with Crippen molar-refractivity contribution in [2.75, 3.05) is 18.6 Å². The average molecular weight is 835 g/mol. The molecule has 1 radical (unpaired) electrons. The summed E-state index contributed by atoms with van der Waals surface area (Å²) in [7, 11) is 3.34. The van der Waals surface area contributed by atoms with Gasteiger partial charge in [0.1, 0.15) is 0 Å². The van der Waals surface area contributed by atoms with Crippen molar-refractivity contribution in [2.45, 2.75) is 10.8 Å². The second-order valence-electron chi connectivity index (χ2n) is 14.6. The normalized spacial score (nSPS) is 13.9. The monoisotopic (exact) mass is 833 g/mol. The number of nitrogens with zero attached hydrogens (tertiary/aromatic N) is 1. The Morgan fingerprint density at radius 1 is 0.483 bits per heavy atom. The summed E-state index contributed by atoms with van der Waals surface area (Å²) in [4.78, 5) is 0. The number of nitrogen functional groups attached to an aromatic ring is 2. The molecule has 0 unspecified atom stereocenters. The molecule has 0 heterocycles. The molecule has 8 aromatic carbocycles. The maximum atomic E-state index is 9.96. The zero-order valence-corrected chi connectivity index (χ0v) is 33.8. The van der Waals surface area contributed by atoms with Crippen LogP contribution in [-0.2, 0) is 10.8 Å². The Kier molecular flexibility index (Phi) is 9.23. The first-order chi connectivity index (χ1) is 28.9. The number of alkyl halides is 1. The number of hydrogen-bond donors (Lipinski definition) is 3. The van der Waals surface area contributed by atoms with E-state index in [0.29, 0.717) is 0 Å². The van der Waals surface area contributed by atoms with Gasteiger partial charge in [-0.25, -0.2) is 0 Å². The third-order valence-electron chi connectivity index (χ3n) is 12.1. The zero-order chi connectivity index (χ0) is 40.9. The molecule has 3 nitrogen and oxygen atoms in total. The first-order valence-electron chi connectivity index (χ1n) is 19.6. The molecule has 0 saturated carbocycles. The predicted molar refractivity (Wildman–Crippen MR) is 246 cm³/mol. The predicted octanol–water partition coefficient (Wildman–Crippen LogP) is 12.8. The third kappa shape index (κ3) is 5.12. The van der Waals surface area contributed by atoms with Gasteiger partial charge in [-0.05, 0) is 129 Å². The van der Waals surface area contributed by atoms with Gasteiger partial charge in [0.25, 0.3) is 0 Å². The van der Waals surface area contributed by atoms with Gasteiger partial charge in [-0.1, -0.05) is 152 Å². The Morgan fingerprint density at radius 2 is 0.759 bits per heavy atom. The summed E-state index contributed by atoms with van der Waals surface area (Å²) < 4.78 is 19.1. The van der Waals surface area contributed by atoms with Crippen LogP contribution in [0.4, 0.5) is 15.8 Å². The van der Waals surface area contributed by atoms with Gasteiger partial charge >= 0.3 is 24.8 Å². The molecule has 8 aromatic rings. The number of thiol groups is 1. The molecule has 7 heteroatoms. The Labute approximate surface area is 354 Å². The maximum absolute atomic E-state index is 9.96.